The van der Waals surface area contributed by atoms with Gasteiger partial charge >= 0.3 is 0 Å². The summed E-state index contributed by atoms with van der Waals surface area (Å²) in [5.74, 6) is 3.65. The van der Waals surface area contributed by atoms with Crippen LogP contribution in [0.25, 0.3) is 82.4 Å². The molecule has 2 heterocycles. The lowest BCUT2D eigenvalue weighted by Gasteiger charge is -2.37. The molecular weight excluding hydrogens is 1090 g/mol. The number of rotatable bonds is 14. The number of hydrogen-bond acceptors (Lipinski definition) is 4. The SMILES string of the molecule is CCc1ccccc1-c1cccc2c3c(oc12)C(N(c1ccc(C(C)C)cc1)c1cc(C2CCCCC2)c2ccc4c(N(c5ccc(C(C)C)cc5)c5cccc6c5oc5c(C7C=CCCC7CC)cccc56)cc(C5CCCCC5)c5ccc1c2c54)CC=C3. The first-order valence-electron chi connectivity index (χ1n) is 34.7. The van der Waals surface area contributed by atoms with Gasteiger partial charge in [-0.1, -0.05) is 232 Å². The molecule has 0 saturated heterocycles. The Morgan fingerprint density at radius 1 is 0.467 bits per heavy atom. The molecule has 90 heavy (non-hydrogen) atoms. The van der Waals surface area contributed by atoms with Gasteiger partial charge in [-0.2, -0.15) is 0 Å². The third-order valence-electron chi connectivity index (χ3n) is 22.1. The summed E-state index contributed by atoms with van der Waals surface area (Å²) < 4.78 is 15.1. The summed E-state index contributed by atoms with van der Waals surface area (Å²) in [6.45, 7) is 13.9. The molecule has 2 aromatic heterocycles. The van der Waals surface area contributed by atoms with Gasteiger partial charge in [0.05, 0.1) is 23.1 Å². The topological polar surface area (TPSA) is 32.8 Å². The van der Waals surface area contributed by atoms with E-state index in [0.29, 0.717) is 35.5 Å². The Hall–Kier alpha value is -8.34. The Kier molecular flexibility index (Phi) is 14.8. The highest BCUT2D eigenvalue weighted by Crippen LogP contribution is 2.56. The molecule has 2 fully saturated rings. The number of para-hydroxylation sites is 3. The van der Waals surface area contributed by atoms with Crippen LogP contribution in [0.4, 0.5) is 28.4 Å². The second kappa shape index (κ2) is 23.5. The van der Waals surface area contributed by atoms with Crippen LogP contribution in [0, 0.1) is 5.92 Å². The number of fused-ring (bicyclic) bond motifs is 6. The zero-order chi connectivity index (χ0) is 60.7. The van der Waals surface area contributed by atoms with Crippen molar-refractivity contribution in [2.45, 2.75) is 173 Å². The first-order chi connectivity index (χ1) is 44.2. The number of allylic oxidation sites excluding steroid dienone is 2. The van der Waals surface area contributed by atoms with E-state index < -0.39 is 0 Å². The number of nitrogens with zero attached hydrogens (tertiary/aromatic N) is 2. The number of anilines is 5. The lowest BCUT2D eigenvalue weighted by molar-refractivity contribution is 0.415. The van der Waals surface area contributed by atoms with Gasteiger partial charge in [-0.3, -0.25) is 0 Å². The fraction of sp³-hybridized carbons (Fsp3) is 0.326. The fourth-order valence-electron chi connectivity index (χ4n) is 17.3. The van der Waals surface area contributed by atoms with Crippen LogP contribution in [0.15, 0.2) is 191 Å². The van der Waals surface area contributed by atoms with E-state index in [1.165, 1.54) is 186 Å². The number of aryl methyl sites for hydroxylation is 1. The van der Waals surface area contributed by atoms with E-state index >= 15 is 0 Å². The largest absolute Gasteiger partial charge is 0.458 e. The molecule has 0 aliphatic heterocycles. The van der Waals surface area contributed by atoms with Crippen LogP contribution < -0.4 is 9.80 Å². The molecule has 16 rings (SSSR count). The minimum absolute atomic E-state index is 0.112. The lowest BCUT2D eigenvalue weighted by Crippen LogP contribution is -2.25. The third-order valence-corrected chi connectivity index (χ3v) is 22.1. The van der Waals surface area contributed by atoms with Gasteiger partial charge in [-0.15, -0.1) is 0 Å². The first kappa shape index (κ1) is 56.9. The van der Waals surface area contributed by atoms with Crippen molar-refractivity contribution in [3.8, 4) is 11.1 Å². The summed E-state index contributed by atoms with van der Waals surface area (Å²) in [5.41, 5.74) is 20.8. The molecule has 452 valence electrons. The highest BCUT2D eigenvalue weighted by molar-refractivity contribution is 6.29. The summed E-state index contributed by atoms with van der Waals surface area (Å²) in [6.07, 6.45) is 27.3. The highest BCUT2D eigenvalue weighted by atomic mass is 16.3. The molecule has 0 radical (unpaired) electrons. The molecule has 2 saturated carbocycles. The monoisotopic (exact) mass is 1180 g/mol. The molecule has 3 atom stereocenters. The van der Waals surface area contributed by atoms with Crippen LogP contribution >= 0.6 is 0 Å². The van der Waals surface area contributed by atoms with E-state index in [4.69, 9.17) is 8.83 Å². The van der Waals surface area contributed by atoms with Crippen molar-refractivity contribution in [1.29, 1.82) is 0 Å². The maximum absolute atomic E-state index is 7.56. The van der Waals surface area contributed by atoms with E-state index in [1.54, 1.807) is 0 Å². The number of furan rings is 2. The quantitative estimate of drug-likeness (QED) is 0.0802. The van der Waals surface area contributed by atoms with Crippen molar-refractivity contribution >= 4 is 99.7 Å². The Balaban J connectivity index is 0.983. The number of benzene rings is 10. The van der Waals surface area contributed by atoms with Gasteiger partial charge in [0.2, 0.25) is 0 Å². The predicted molar refractivity (Wildman–Crippen MR) is 383 cm³/mol. The fourth-order valence-corrected chi connectivity index (χ4v) is 17.3. The first-order valence-corrected chi connectivity index (χ1v) is 34.7. The molecule has 10 aromatic carbocycles. The molecular formula is C86H86N2O2. The Morgan fingerprint density at radius 2 is 1.06 bits per heavy atom. The van der Waals surface area contributed by atoms with Gasteiger partial charge in [0, 0.05) is 60.9 Å². The predicted octanol–water partition coefficient (Wildman–Crippen LogP) is 26.0. The van der Waals surface area contributed by atoms with Gasteiger partial charge in [0.15, 0.2) is 5.58 Å². The molecule has 4 nitrogen and oxygen atoms in total. The zero-order valence-electron chi connectivity index (χ0n) is 53.8. The van der Waals surface area contributed by atoms with Crippen LogP contribution in [-0.2, 0) is 6.42 Å². The molecule has 4 heteroatoms. The van der Waals surface area contributed by atoms with E-state index in [1.807, 2.05) is 0 Å². The summed E-state index contributed by atoms with van der Waals surface area (Å²) in [6, 6.07) is 64.0. The summed E-state index contributed by atoms with van der Waals surface area (Å²) in [7, 11) is 0. The van der Waals surface area contributed by atoms with Crippen molar-refractivity contribution in [3.63, 3.8) is 0 Å². The van der Waals surface area contributed by atoms with Crippen LogP contribution in [0.2, 0.25) is 0 Å². The van der Waals surface area contributed by atoms with E-state index in [0.717, 1.165) is 59.6 Å². The lowest BCUT2D eigenvalue weighted by atomic mass is 9.77. The zero-order valence-corrected chi connectivity index (χ0v) is 53.8. The van der Waals surface area contributed by atoms with Crippen LogP contribution in [-0.4, -0.2) is 0 Å². The summed E-state index contributed by atoms with van der Waals surface area (Å²) in [5, 5.41) is 11.7. The second-order valence-electron chi connectivity index (χ2n) is 27.8. The van der Waals surface area contributed by atoms with Crippen molar-refractivity contribution in [1.82, 2.24) is 0 Å². The average molecular weight is 1180 g/mol. The van der Waals surface area contributed by atoms with E-state index in [9.17, 15) is 0 Å². The molecule has 0 bridgehead atoms. The standard InChI is InChI=1S/C86H86N2O2/c1-7-55-23-15-17-29-63(55)67-31-19-33-69-71-35-21-37-77(85(71)89-83(67)69)87(61-43-39-57(40-44-61)53(3)4)79-51-75(59-25-11-9-12-26-59)65-48-50-74-80(52-76(60-27-13-10-14-28-60)66-47-49-73(79)81(65)82(66)74)88(62-45-41-58(42-46-62)54(5)6)78-38-22-36-72-70-34-20-32-68(84(70)90-86(72)78)64-30-18-16-24-56(64)8-2/h15,17-23,29-36,38-54,56,59-60,64,77H,7-14,16,24-28,37H2,1-6H3. The van der Waals surface area contributed by atoms with E-state index in [2.05, 4.69) is 239 Å². The molecule has 3 unspecified atom stereocenters. The maximum atomic E-state index is 7.56. The number of hydrogen-bond donors (Lipinski definition) is 0. The minimum Gasteiger partial charge on any atom is -0.458 e. The Bertz CT molecular complexity index is 4710. The van der Waals surface area contributed by atoms with Crippen molar-refractivity contribution in [3.05, 3.63) is 227 Å². The molecule has 0 N–H and O–H groups in total. The van der Waals surface area contributed by atoms with Crippen LogP contribution in [0.3, 0.4) is 0 Å². The van der Waals surface area contributed by atoms with Crippen molar-refractivity contribution < 1.29 is 8.83 Å². The van der Waals surface area contributed by atoms with Crippen LogP contribution in [0.1, 0.15) is 212 Å². The Morgan fingerprint density at radius 3 is 1.72 bits per heavy atom. The second-order valence-corrected chi connectivity index (χ2v) is 27.8. The summed E-state index contributed by atoms with van der Waals surface area (Å²) in [4.78, 5) is 5.33. The molecule has 0 spiro atoms. The molecule has 12 aromatic rings. The maximum Gasteiger partial charge on any atom is 0.159 e. The molecule has 0 amide bonds. The molecule has 4 aliphatic rings. The van der Waals surface area contributed by atoms with Gasteiger partial charge in [0.1, 0.15) is 16.9 Å². The smallest absolute Gasteiger partial charge is 0.159 e. The Labute approximate surface area is 532 Å². The van der Waals surface area contributed by atoms with Crippen molar-refractivity contribution in [2.24, 2.45) is 5.92 Å². The van der Waals surface area contributed by atoms with Crippen molar-refractivity contribution in [2.75, 3.05) is 9.80 Å². The van der Waals surface area contributed by atoms with Gasteiger partial charge in [0.25, 0.3) is 0 Å². The highest BCUT2D eigenvalue weighted by Gasteiger charge is 2.36. The van der Waals surface area contributed by atoms with E-state index in [-0.39, 0.29) is 6.04 Å². The van der Waals surface area contributed by atoms with Gasteiger partial charge in [-0.05, 0) is 178 Å². The van der Waals surface area contributed by atoms with Gasteiger partial charge in [-0.25, -0.2) is 0 Å². The minimum atomic E-state index is -0.112. The summed E-state index contributed by atoms with van der Waals surface area (Å²) >= 11 is 0. The normalized spacial score (nSPS) is 18.4. The average Bonchev–Trinajstić information content (AvgIpc) is 0.749. The third kappa shape index (κ3) is 9.51. The molecule has 4 aliphatic carbocycles. The van der Waals surface area contributed by atoms with Crippen LogP contribution in [0.5, 0.6) is 0 Å². The van der Waals surface area contributed by atoms with Gasteiger partial charge < -0.3 is 18.6 Å².